The predicted molar refractivity (Wildman–Crippen MR) is 78.8 cm³/mol. The fourth-order valence-corrected chi connectivity index (χ4v) is 2.83. The third-order valence-corrected chi connectivity index (χ3v) is 3.73. The third kappa shape index (κ3) is 3.07. The molecule has 1 aromatic heterocycles. The van der Waals surface area contributed by atoms with Gasteiger partial charge in [0.15, 0.2) is 0 Å². The van der Waals surface area contributed by atoms with Gasteiger partial charge < -0.3 is 15.7 Å². The number of nitrogens with zero attached hydrogens (tertiary/aromatic N) is 3. The lowest BCUT2D eigenvalue weighted by Crippen LogP contribution is -2.48. The van der Waals surface area contributed by atoms with Gasteiger partial charge in [-0.25, -0.2) is 4.79 Å². The van der Waals surface area contributed by atoms with Crippen LogP contribution in [0.1, 0.15) is 30.5 Å². The molecule has 1 fully saturated rings. The minimum Gasteiger partial charge on any atom is -0.478 e. The van der Waals surface area contributed by atoms with E-state index in [0.717, 1.165) is 30.4 Å². The van der Waals surface area contributed by atoms with Crippen molar-refractivity contribution < 1.29 is 14.7 Å². The fourth-order valence-electron chi connectivity index (χ4n) is 2.83. The van der Waals surface area contributed by atoms with Crippen molar-refractivity contribution >= 4 is 23.8 Å². The van der Waals surface area contributed by atoms with E-state index in [1.807, 2.05) is 11.8 Å². The first kappa shape index (κ1) is 15.1. The number of primary amides is 1. The van der Waals surface area contributed by atoms with E-state index in [2.05, 4.69) is 5.10 Å². The lowest BCUT2D eigenvalue weighted by atomic mass is 10.0. The molecule has 0 spiro atoms. The Morgan fingerprint density at radius 1 is 1.43 bits per heavy atom. The van der Waals surface area contributed by atoms with Crippen molar-refractivity contribution in [2.45, 2.75) is 32.2 Å². The average Bonchev–Trinajstić information content (AvgIpc) is 2.70. The third-order valence-electron chi connectivity index (χ3n) is 3.73. The molecule has 2 heterocycles. The minimum atomic E-state index is -1.02. The molecule has 1 aliphatic heterocycles. The molecule has 3 N–H and O–H groups in total. The number of hydrogen-bond acceptors (Lipinski definition) is 4. The van der Waals surface area contributed by atoms with Crippen molar-refractivity contribution in [3.05, 3.63) is 17.3 Å². The first-order valence-corrected chi connectivity index (χ1v) is 6.92. The van der Waals surface area contributed by atoms with Crippen LogP contribution in [0, 0.1) is 6.92 Å². The maximum atomic E-state index is 11.7. The summed E-state index contributed by atoms with van der Waals surface area (Å²) in [6.07, 6.45) is 5.24. The zero-order chi connectivity index (χ0) is 15.6. The molecule has 21 heavy (non-hydrogen) atoms. The van der Waals surface area contributed by atoms with E-state index in [-0.39, 0.29) is 11.9 Å². The first-order valence-electron chi connectivity index (χ1n) is 6.92. The first-order chi connectivity index (χ1) is 9.91. The zero-order valence-electron chi connectivity index (χ0n) is 12.2. The monoisotopic (exact) mass is 292 g/mol. The number of carbonyl (C=O) groups is 2. The number of aryl methyl sites for hydroxylation is 2. The van der Waals surface area contributed by atoms with Gasteiger partial charge in [-0.2, -0.15) is 5.10 Å². The largest absolute Gasteiger partial charge is 0.478 e. The van der Waals surface area contributed by atoms with Crippen molar-refractivity contribution in [3.8, 4) is 0 Å². The Bertz CT molecular complexity index is 591. The Morgan fingerprint density at radius 3 is 2.76 bits per heavy atom. The SMILES string of the molecule is Cc1nn(C)c(N2CCCCC2C(N)=O)c1C=CC(=O)O. The maximum Gasteiger partial charge on any atom is 0.328 e. The van der Waals surface area contributed by atoms with Gasteiger partial charge in [0.1, 0.15) is 11.9 Å². The second-order valence-corrected chi connectivity index (χ2v) is 5.23. The molecule has 0 saturated carbocycles. The van der Waals surface area contributed by atoms with Crippen molar-refractivity contribution in [1.82, 2.24) is 9.78 Å². The number of anilines is 1. The highest BCUT2D eigenvalue weighted by Gasteiger charge is 2.30. The Labute approximate surface area is 123 Å². The second kappa shape index (κ2) is 5.99. The number of piperidine rings is 1. The van der Waals surface area contributed by atoms with E-state index in [9.17, 15) is 9.59 Å². The summed E-state index contributed by atoms with van der Waals surface area (Å²) in [4.78, 5) is 24.4. The smallest absolute Gasteiger partial charge is 0.328 e. The van der Waals surface area contributed by atoms with Gasteiger partial charge in [-0.05, 0) is 32.3 Å². The Hall–Kier alpha value is -2.31. The number of rotatable bonds is 4. The molecule has 7 nitrogen and oxygen atoms in total. The molecule has 0 radical (unpaired) electrons. The molecule has 1 saturated heterocycles. The van der Waals surface area contributed by atoms with Crippen LogP contribution in [0.3, 0.4) is 0 Å². The van der Waals surface area contributed by atoms with Crippen molar-refractivity contribution in [2.24, 2.45) is 12.8 Å². The van der Waals surface area contributed by atoms with Crippen LogP contribution in [0.25, 0.3) is 6.08 Å². The van der Waals surface area contributed by atoms with E-state index < -0.39 is 5.97 Å². The predicted octanol–water partition coefficient (Wildman–Crippen LogP) is 0.671. The summed E-state index contributed by atoms with van der Waals surface area (Å²) in [6, 6.07) is -0.370. The number of carboxylic acids is 1. The van der Waals surface area contributed by atoms with Crippen LogP contribution >= 0.6 is 0 Å². The van der Waals surface area contributed by atoms with Crippen molar-refractivity contribution in [3.63, 3.8) is 0 Å². The van der Waals surface area contributed by atoms with Gasteiger partial charge in [0.25, 0.3) is 0 Å². The Kier molecular flexibility index (Phi) is 4.30. The molecular formula is C14H20N4O3. The normalized spacial score (nSPS) is 19.1. The van der Waals surface area contributed by atoms with Crippen molar-refractivity contribution in [2.75, 3.05) is 11.4 Å². The zero-order valence-corrected chi connectivity index (χ0v) is 12.2. The molecule has 2 rings (SSSR count). The Morgan fingerprint density at radius 2 is 2.14 bits per heavy atom. The standard InChI is InChI=1S/C14H20N4O3/c1-9-10(6-7-12(19)20)14(17(2)16-9)18-8-4-3-5-11(18)13(15)21/h6-7,11H,3-5,8H2,1-2H3,(H2,15,21)(H,19,20). The number of amides is 1. The molecular weight excluding hydrogens is 272 g/mol. The number of hydrogen-bond donors (Lipinski definition) is 2. The van der Waals surface area contributed by atoms with Crippen molar-refractivity contribution in [1.29, 1.82) is 0 Å². The van der Waals surface area contributed by atoms with Gasteiger partial charge >= 0.3 is 5.97 Å². The molecule has 1 amide bonds. The van der Waals surface area contributed by atoms with Gasteiger partial charge in [0, 0.05) is 25.2 Å². The lowest BCUT2D eigenvalue weighted by molar-refractivity contribution is -0.131. The molecule has 0 aliphatic carbocycles. The summed E-state index contributed by atoms with van der Waals surface area (Å²) in [6.45, 7) is 2.52. The molecule has 0 bridgehead atoms. The molecule has 1 atom stereocenters. The summed E-state index contributed by atoms with van der Waals surface area (Å²) >= 11 is 0. The maximum absolute atomic E-state index is 11.7. The van der Waals surface area contributed by atoms with Crippen LogP contribution in [-0.2, 0) is 16.6 Å². The molecule has 7 heteroatoms. The van der Waals surface area contributed by atoms with E-state index in [1.165, 1.54) is 6.08 Å². The van der Waals surface area contributed by atoms with Crippen LogP contribution in [0.2, 0.25) is 0 Å². The van der Waals surface area contributed by atoms with Gasteiger partial charge in [-0.3, -0.25) is 9.48 Å². The van der Waals surface area contributed by atoms with Crippen LogP contribution < -0.4 is 10.6 Å². The van der Waals surface area contributed by atoms with Crippen LogP contribution in [0.15, 0.2) is 6.08 Å². The lowest BCUT2D eigenvalue weighted by Gasteiger charge is -2.35. The van der Waals surface area contributed by atoms with E-state index in [4.69, 9.17) is 10.8 Å². The van der Waals surface area contributed by atoms with Crippen LogP contribution in [-0.4, -0.2) is 39.4 Å². The minimum absolute atomic E-state index is 0.360. The van der Waals surface area contributed by atoms with Gasteiger partial charge in [-0.1, -0.05) is 0 Å². The summed E-state index contributed by atoms with van der Waals surface area (Å²) in [5, 5.41) is 13.1. The summed E-state index contributed by atoms with van der Waals surface area (Å²) in [7, 11) is 1.78. The van der Waals surface area contributed by atoms with Gasteiger partial charge in [0.05, 0.1) is 5.69 Å². The molecule has 1 unspecified atom stereocenters. The highest BCUT2D eigenvalue weighted by Crippen LogP contribution is 2.30. The van der Waals surface area contributed by atoms with Crippen LogP contribution in [0.4, 0.5) is 5.82 Å². The highest BCUT2D eigenvalue weighted by atomic mass is 16.4. The summed E-state index contributed by atoms with van der Waals surface area (Å²) < 4.78 is 1.68. The number of carbonyl (C=O) groups excluding carboxylic acids is 1. The number of aliphatic carboxylic acids is 1. The summed E-state index contributed by atoms with van der Waals surface area (Å²) in [5.74, 6) is -0.635. The molecule has 1 aromatic rings. The molecule has 0 aromatic carbocycles. The fraction of sp³-hybridized carbons (Fsp3) is 0.500. The second-order valence-electron chi connectivity index (χ2n) is 5.23. The number of carboxylic acid groups (broad SMARTS) is 1. The number of nitrogens with two attached hydrogens (primary N) is 1. The van der Waals surface area contributed by atoms with Gasteiger partial charge in [-0.15, -0.1) is 0 Å². The van der Waals surface area contributed by atoms with Crippen LogP contribution in [0.5, 0.6) is 0 Å². The average molecular weight is 292 g/mol. The van der Waals surface area contributed by atoms with Gasteiger partial charge in [0.2, 0.25) is 5.91 Å². The molecule has 114 valence electrons. The van der Waals surface area contributed by atoms with E-state index in [0.29, 0.717) is 18.5 Å². The quantitative estimate of drug-likeness (QED) is 0.794. The Balaban J connectivity index is 2.46. The van der Waals surface area contributed by atoms with E-state index >= 15 is 0 Å². The topological polar surface area (TPSA) is 101 Å². The van der Waals surface area contributed by atoms with E-state index in [1.54, 1.807) is 11.7 Å². The molecule has 1 aliphatic rings. The number of aromatic nitrogens is 2. The summed E-state index contributed by atoms with van der Waals surface area (Å²) in [5.41, 5.74) is 6.94. The highest BCUT2D eigenvalue weighted by molar-refractivity contribution is 5.88.